The SMILES string of the molecule is O[C@H]1CC(c2cc(Cl)ccc2F)Oc2ccccc21. The van der Waals surface area contributed by atoms with Gasteiger partial charge < -0.3 is 9.84 Å². The van der Waals surface area contributed by atoms with E-state index in [0.717, 1.165) is 5.56 Å². The first-order valence-electron chi connectivity index (χ1n) is 6.04. The Balaban J connectivity index is 1.99. The number of benzene rings is 2. The van der Waals surface area contributed by atoms with E-state index in [-0.39, 0.29) is 5.82 Å². The molecule has 0 aromatic heterocycles. The molecular formula is C15H12ClFO2. The molecule has 0 fully saturated rings. The number of aliphatic hydroxyl groups excluding tert-OH is 1. The lowest BCUT2D eigenvalue weighted by atomic mass is 9.95. The van der Waals surface area contributed by atoms with Crippen molar-refractivity contribution >= 4 is 11.6 Å². The van der Waals surface area contributed by atoms with E-state index in [4.69, 9.17) is 16.3 Å². The summed E-state index contributed by atoms with van der Waals surface area (Å²) in [6.07, 6.45) is -0.870. The summed E-state index contributed by atoms with van der Waals surface area (Å²) >= 11 is 5.89. The van der Waals surface area contributed by atoms with Crippen molar-refractivity contribution in [1.82, 2.24) is 0 Å². The standard InChI is InChI=1S/C15H12ClFO2/c16-9-5-6-12(17)11(7-9)15-8-13(18)10-3-1-2-4-14(10)19-15/h1-7,13,15,18H,8H2/t13-,15?/m0/s1. The van der Waals surface area contributed by atoms with Gasteiger partial charge in [-0.2, -0.15) is 0 Å². The van der Waals surface area contributed by atoms with Crippen molar-refractivity contribution in [3.05, 3.63) is 64.4 Å². The van der Waals surface area contributed by atoms with E-state index >= 15 is 0 Å². The Morgan fingerprint density at radius 3 is 2.79 bits per heavy atom. The largest absolute Gasteiger partial charge is 0.485 e. The average Bonchev–Trinajstić information content (AvgIpc) is 2.41. The zero-order valence-electron chi connectivity index (χ0n) is 10.0. The highest BCUT2D eigenvalue weighted by Crippen LogP contribution is 2.41. The van der Waals surface area contributed by atoms with Gasteiger partial charge in [0.15, 0.2) is 0 Å². The Kier molecular flexibility index (Phi) is 3.17. The maximum Gasteiger partial charge on any atom is 0.130 e. The van der Waals surface area contributed by atoms with E-state index in [0.29, 0.717) is 22.8 Å². The molecule has 2 atom stereocenters. The number of rotatable bonds is 1. The fraction of sp³-hybridized carbons (Fsp3) is 0.200. The van der Waals surface area contributed by atoms with Crippen LogP contribution in [0.15, 0.2) is 42.5 Å². The maximum atomic E-state index is 13.8. The van der Waals surface area contributed by atoms with Gasteiger partial charge in [0, 0.05) is 22.6 Å². The highest BCUT2D eigenvalue weighted by molar-refractivity contribution is 6.30. The molecule has 3 rings (SSSR count). The first kappa shape index (κ1) is 12.5. The number of halogens is 2. The van der Waals surface area contributed by atoms with Gasteiger partial charge >= 0.3 is 0 Å². The molecule has 1 aliphatic rings. The fourth-order valence-electron chi connectivity index (χ4n) is 2.35. The number of hydrogen-bond acceptors (Lipinski definition) is 2. The van der Waals surface area contributed by atoms with Gasteiger partial charge in [0.2, 0.25) is 0 Å². The predicted molar refractivity (Wildman–Crippen MR) is 70.8 cm³/mol. The minimum Gasteiger partial charge on any atom is -0.485 e. The third kappa shape index (κ3) is 2.31. The van der Waals surface area contributed by atoms with E-state index in [1.807, 2.05) is 18.2 Å². The van der Waals surface area contributed by atoms with Gasteiger partial charge in [-0.25, -0.2) is 4.39 Å². The Morgan fingerprint density at radius 2 is 1.95 bits per heavy atom. The Morgan fingerprint density at radius 1 is 1.16 bits per heavy atom. The molecule has 0 amide bonds. The molecule has 2 aromatic carbocycles. The van der Waals surface area contributed by atoms with Crippen LogP contribution >= 0.6 is 11.6 Å². The third-order valence-electron chi connectivity index (χ3n) is 3.29. The van der Waals surface area contributed by atoms with Crippen LogP contribution in [0.5, 0.6) is 5.75 Å². The second-order valence-corrected chi connectivity index (χ2v) is 5.00. The van der Waals surface area contributed by atoms with Crippen LogP contribution in [-0.2, 0) is 0 Å². The van der Waals surface area contributed by atoms with Crippen LogP contribution in [0.25, 0.3) is 0 Å². The third-order valence-corrected chi connectivity index (χ3v) is 3.52. The predicted octanol–water partition coefficient (Wildman–Crippen LogP) is 4.04. The fourth-order valence-corrected chi connectivity index (χ4v) is 2.53. The summed E-state index contributed by atoms with van der Waals surface area (Å²) in [5.41, 5.74) is 1.11. The summed E-state index contributed by atoms with van der Waals surface area (Å²) in [5.74, 6) is 0.214. The number of hydrogen-bond donors (Lipinski definition) is 1. The van der Waals surface area contributed by atoms with E-state index in [1.54, 1.807) is 12.1 Å². The van der Waals surface area contributed by atoms with Crippen molar-refractivity contribution in [1.29, 1.82) is 0 Å². The number of para-hydroxylation sites is 1. The van der Waals surface area contributed by atoms with Crippen molar-refractivity contribution in [2.75, 3.05) is 0 Å². The molecule has 0 radical (unpaired) electrons. The number of ether oxygens (including phenoxy) is 1. The van der Waals surface area contributed by atoms with E-state index in [1.165, 1.54) is 12.1 Å². The summed E-state index contributed by atoms with van der Waals surface area (Å²) in [6.45, 7) is 0. The molecule has 1 aliphatic heterocycles. The molecule has 19 heavy (non-hydrogen) atoms. The smallest absolute Gasteiger partial charge is 0.130 e. The van der Waals surface area contributed by atoms with Crippen LogP contribution in [0.1, 0.15) is 29.8 Å². The van der Waals surface area contributed by atoms with Gasteiger partial charge in [0.1, 0.15) is 17.7 Å². The zero-order chi connectivity index (χ0) is 13.4. The van der Waals surface area contributed by atoms with Crippen LogP contribution in [0, 0.1) is 5.82 Å². The average molecular weight is 279 g/mol. The highest BCUT2D eigenvalue weighted by atomic mass is 35.5. The van der Waals surface area contributed by atoms with Crippen molar-refractivity contribution in [2.45, 2.75) is 18.6 Å². The molecule has 98 valence electrons. The maximum absolute atomic E-state index is 13.8. The molecule has 0 bridgehead atoms. The van der Waals surface area contributed by atoms with E-state index in [2.05, 4.69) is 0 Å². The Hall–Kier alpha value is -1.58. The molecule has 1 unspecified atom stereocenters. The van der Waals surface area contributed by atoms with Gasteiger partial charge in [0.05, 0.1) is 6.10 Å². The van der Waals surface area contributed by atoms with E-state index in [9.17, 15) is 9.50 Å². The molecule has 0 saturated heterocycles. The van der Waals surface area contributed by atoms with Crippen LogP contribution in [0.4, 0.5) is 4.39 Å². The van der Waals surface area contributed by atoms with Crippen LogP contribution in [0.3, 0.4) is 0 Å². The normalized spacial score (nSPS) is 21.6. The summed E-state index contributed by atoms with van der Waals surface area (Å²) in [5, 5.41) is 10.6. The first-order chi connectivity index (χ1) is 9.15. The lowest BCUT2D eigenvalue weighted by Crippen LogP contribution is -2.19. The second-order valence-electron chi connectivity index (χ2n) is 4.56. The van der Waals surface area contributed by atoms with Gasteiger partial charge in [0.25, 0.3) is 0 Å². The van der Waals surface area contributed by atoms with Gasteiger partial charge in [-0.1, -0.05) is 29.8 Å². The first-order valence-corrected chi connectivity index (χ1v) is 6.41. The molecule has 2 aromatic rings. The Bertz CT molecular complexity index is 615. The Labute approximate surface area is 115 Å². The van der Waals surface area contributed by atoms with E-state index < -0.39 is 12.2 Å². The second kappa shape index (κ2) is 4.83. The van der Waals surface area contributed by atoms with Gasteiger partial charge in [-0.05, 0) is 24.3 Å². The zero-order valence-corrected chi connectivity index (χ0v) is 10.8. The topological polar surface area (TPSA) is 29.5 Å². The van der Waals surface area contributed by atoms with Crippen molar-refractivity contribution in [3.8, 4) is 5.75 Å². The lowest BCUT2D eigenvalue weighted by Gasteiger charge is -2.30. The molecular weight excluding hydrogens is 267 g/mol. The minimum absolute atomic E-state index is 0.314. The number of fused-ring (bicyclic) bond motifs is 1. The quantitative estimate of drug-likeness (QED) is 0.853. The molecule has 0 saturated carbocycles. The monoisotopic (exact) mass is 278 g/mol. The minimum atomic E-state index is -0.659. The molecule has 0 aliphatic carbocycles. The molecule has 0 spiro atoms. The molecule has 2 nitrogen and oxygen atoms in total. The van der Waals surface area contributed by atoms with Crippen molar-refractivity contribution in [3.63, 3.8) is 0 Å². The molecule has 1 heterocycles. The summed E-state index contributed by atoms with van der Waals surface area (Å²) in [6, 6.07) is 11.6. The van der Waals surface area contributed by atoms with Crippen LogP contribution in [0.2, 0.25) is 5.02 Å². The summed E-state index contributed by atoms with van der Waals surface area (Å²) in [7, 11) is 0. The highest BCUT2D eigenvalue weighted by Gasteiger charge is 2.29. The van der Waals surface area contributed by atoms with Gasteiger partial charge in [-0.3, -0.25) is 0 Å². The molecule has 1 N–H and O–H groups in total. The van der Waals surface area contributed by atoms with Crippen molar-refractivity contribution < 1.29 is 14.2 Å². The van der Waals surface area contributed by atoms with Crippen molar-refractivity contribution in [2.24, 2.45) is 0 Å². The molecule has 4 heteroatoms. The van der Waals surface area contributed by atoms with Gasteiger partial charge in [-0.15, -0.1) is 0 Å². The van der Waals surface area contributed by atoms with Crippen LogP contribution in [-0.4, -0.2) is 5.11 Å². The number of aliphatic hydroxyl groups is 1. The summed E-state index contributed by atoms with van der Waals surface area (Å²) in [4.78, 5) is 0. The summed E-state index contributed by atoms with van der Waals surface area (Å²) < 4.78 is 19.6. The van der Waals surface area contributed by atoms with Crippen LogP contribution < -0.4 is 4.74 Å². The lowest BCUT2D eigenvalue weighted by molar-refractivity contribution is 0.0640.